The van der Waals surface area contributed by atoms with Crippen LogP contribution in [0, 0.1) is 11.3 Å². The SMILES string of the molecule is N#Cc1cc(CNC2CC2)ccc1N(CCO)C1CC1. The summed E-state index contributed by atoms with van der Waals surface area (Å²) in [7, 11) is 0. The number of nitrogens with zero attached hydrogens (tertiary/aromatic N) is 2. The second-order valence-corrected chi connectivity index (χ2v) is 5.77. The molecule has 2 saturated carbocycles. The molecule has 0 saturated heterocycles. The molecule has 2 aliphatic rings. The molecule has 0 heterocycles. The van der Waals surface area contributed by atoms with Gasteiger partial charge in [-0.05, 0) is 43.4 Å². The Morgan fingerprint density at radius 2 is 2.10 bits per heavy atom. The molecule has 1 aromatic rings. The number of nitrogens with one attached hydrogen (secondary N) is 1. The molecule has 0 atom stereocenters. The van der Waals surface area contributed by atoms with E-state index in [1.54, 1.807) is 0 Å². The Balaban J connectivity index is 1.77. The van der Waals surface area contributed by atoms with Crippen LogP contribution in [0.15, 0.2) is 18.2 Å². The van der Waals surface area contributed by atoms with E-state index in [9.17, 15) is 10.4 Å². The van der Waals surface area contributed by atoms with Crippen molar-refractivity contribution in [2.75, 3.05) is 18.1 Å². The predicted molar refractivity (Wildman–Crippen MR) is 78.5 cm³/mol. The minimum Gasteiger partial charge on any atom is -0.395 e. The van der Waals surface area contributed by atoms with Crippen LogP contribution in [0.3, 0.4) is 0 Å². The molecule has 2 aliphatic carbocycles. The zero-order valence-corrected chi connectivity index (χ0v) is 11.7. The van der Waals surface area contributed by atoms with Crippen molar-refractivity contribution in [3.8, 4) is 6.07 Å². The standard InChI is InChI=1S/C16H21N3O/c17-10-13-9-12(11-18-14-2-3-14)1-6-16(13)19(7-8-20)15-4-5-15/h1,6,9,14-15,18,20H,2-5,7-8,11H2. The van der Waals surface area contributed by atoms with E-state index in [0.29, 0.717) is 18.6 Å². The third-order valence-corrected chi connectivity index (χ3v) is 3.99. The van der Waals surface area contributed by atoms with Crippen LogP contribution in [0.25, 0.3) is 0 Å². The van der Waals surface area contributed by atoms with Crippen LogP contribution in [-0.4, -0.2) is 30.3 Å². The molecular formula is C16H21N3O. The van der Waals surface area contributed by atoms with Crippen molar-refractivity contribution in [2.45, 2.75) is 44.3 Å². The van der Waals surface area contributed by atoms with Crippen LogP contribution in [0.2, 0.25) is 0 Å². The number of benzene rings is 1. The van der Waals surface area contributed by atoms with Gasteiger partial charge in [0, 0.05) is 25.2 Å². The molecule has 4 heteroatoms. The van der Waals surface area contributed by atoms with Crippen molar-refractivity contribution in [3.05, 3.63) is 29.3 Å². The minimum atomic E-state index is 0.131. The Morgan fingerprint density at radius 3 is 2.70 bits per heavy atom. The van der Waals surface area contributed by atoms with Gasteiger partial charge in [0.05, 0.1) is 17.9 Å². The highest BCUT2D eigenvalue weighted by molar-refractivity contribution is 5.61. The Morgan fingerprint density at radius 1 is 1.30 bits per heavy atom. The summed E-state index contributed by atoms with van der Waals surface area (Å²) in [5.41, 5.74) is 2.86. The largest absolute Gasteiger partial charge is 0.395 e. The Labute approximate surface area is 120 Å². The lowest BCUT2D eigenvalue weighted by molar-refractivity contribution is 0.301. The van der Waals surface area contributed by atoms with Crippen LogP contribution >= 0.6 is 0 Å². The first-order chi connectivity index (χ1) is 9.81. The number of rotatable bonds is 7. The van der Waals surface area contributed by atoms with Crippen molar-refractivity contribution in [2.24, 2.45) is 0 Å². The second kappa shape index (κ2) is 5.82. The van der Waals surface area contributed by atoms with Crippen molar-refractivity contribution < 1.29 is 5.11 Å². The molecule has 4 nitrogen and oxygen atoms in total. The smallest absolute Gasteiger partial charge is 0.101 e. The monoisotopic (exact) mass is 271 g/mol. The van der Waals surface area contributed by atoms with Crippen LogP contribution in [0.5, 0.6) is 0 Å². The van der Waals surface area contributed by atoms with Crippen molar-refractivity contribution in [1.29, 1.82) is 5.26 Å². The molecule has 3 rings (SSSR count). The van der Waals surface area contributed by atoms with Crippen molar-refractivity contribution in [3.63, 3.8) is 0 Å². The number of hydrogen-bond acceptors (Lipinski definition) is 4. The molecule has 2 N–H and O–H groups in total. The first-order valence-electron chi connectivity index (χ1n) is 7.45. The maximum absolute atomic E-state index is 9.39. The zero-order chi connectivity index (χ0) is 13.9. The van der Waals surface area contributed by atoms with Gasteiger partial charge < -0.3 is 15.3 Å². The van der Waals surface area contributed by atoms with Gasteiger partial charge in [0.25, 0.3) is 0 Å². The van der Waals surface area contributed by atoms with Gasteiger partial charge >= 0.3 is 0 Å². The van der Waals surface area contributed by atoms with Gasteiger partial charge in [0.15, 0.2) is 0 Å². The summed E-state index contributed by atoms with van der Waals surface area (Å²) in [6, 6.07) is 9.61. The fourth-order valence-corrected chi connectivity index (χ4v) is 2.58. The van der Waals surface area contributed by atoms with E-state index >= 15 is 0 Å². The zero-order valence-electron chi connectivity index (χ0n) is 11.7. The third kappa shape index (κ3) is 3.12. The van der Waals surface area contributed by atoms with Crippen molar-refractivity contribution in [1.82, 2.24) is 5.32 Å². The topological polar surface area (TPSA) is 59.3 Å². The number of hydrogen-bond donors (Lipinski definition) is 2. The minimum absolute atomic E-state index is 0.131. The number of nitriles is 1. The van der Waals surface area contributed by atoms with Gasteiger partial charge in [-0.15, -0.1) is 0 Å². The van der Waals surface area contributed by atoms with Crippen LogP contribution in [0.4, 0.5) is 5.69 Å². The van der Waals surface area contributed by atoms with Gasteiger partial charge in [-0.3, -0.25) is 0 Å². The lowest BCUT2D eigenvalue weighted by Gasteiger charge is -2.25. The highest BCUT2D eigenvalue weighted by atomic mass is 16.3. The predicted octanol–water partition coefficient (Wildman–Crippen LogP) is 1.77. The highest BCUT2D eigenvalue weighted by Crippen LogP contribution is 2.33. The summed E-state index contributed by atoms with van der Waals surface area (Å²) in [4.78, 5) is 2.18. The van der Waals surface area contributed by atoms with Gasteiger partial charge in [0.2, 0.25) is 0 Å². The van der Waals surface area contributed by atoms with Crippen LogP contribution in [-0.2, 0) is 6.54 Å². The summed E-state index contributed by atoms with van der Waals surface area (Å²) in [6.45, 7) is 1.58. The van der Waals surface area contributed by atoms with E-state index in [-0.39, 0.29) is 6.61 Å². The lowest BCUT2D eigenvalue weighted by Crippen LogP contribution is -2.29. The molecule has 1 aromatic carbocycles. The Hall–Kier alpha value is -1.57. The molecule has 0 amide bonds. The van der Waals surface area contributed by atoms with Gasteiger partial charge in [-0.2, -0.15) is 5.26 Å². The first kappa shape index (κ1) is 13.4. The van der Waals surface area contributed by atoms with Gasteiger partial charge in [0.1, 0.15) is 6.07 Å². The lowest BCUT2D eigenvalue weighted by atomic mass is 10.1. The molecule has 0 spiro atoms. The summed E-state index contributed by atoms with van der Waals surface area (Å²) in [5.74, 6) is 0. The molecular weight excluding hydrogens is 250 g/mol. The quantitative estimate of drug-likeness (QED) is 0.793. The Kier molecular flexibility index (Phi) is 3.90. The Bertz CT molecular complexity index is 515. The maximum atomic E-state index is 9.39. The number of anilines is 1. The van der Waals surface area contributed by atoms with E-state index in [4.69, 9.17) is 0 Å². The molecule has 20 heavy (non-hydrogen) atoms. The van der Waals surface area contributed by atoms with Crippen molar-refractivity contribution >= 4 is 5.69 Å². The van der Waals surface area contributed by atoms with E-state index in [0.717, 1.165) is 36.2 Å². The average Bonchev–Trinajstić information content (AvgIpc) is 3.36. The first-order valence-corrected chi connectivity index (χ1v) is 7.45. The average molecular weight is 271 g/mol. The summed E-state index contributed by atoms with van der Waals surface area (Å²) >= 11 is 0. The molecule has 0 unspecified atom stereocenters. The molecule has 0 aliphatic heterocycles. The maximum Gasteiger partial charge on any atom is 0.101 e. The third-order valence-electron chi connectivity index (χ3n) is 3.99. The molecule has 0 aromatic heterocycles. The van der Waals surface area contributed by atoms with E-state index in [2.05, 4.69) is 22.4 Å². The summed E-state index contributed by atoms with van der Waals surface area (Å²) in [6.07, 6.45) is 4.87. The van der Waals surface area contributed by atoms with Crippen LogP contribution < -0.4 is 10.2 Å². The number of aliphatic hydroxyl groups excluding tert-OH is 1. The van der Waals surface area contributed by atoms with Gasteiger partial charge in [-0.1, -0.05) is 6.07 Å². The normalized spacial score (nSPS) is 17.8. The molecule has 106 valence electrons. The fourth-order valence-electron chi connectivity index (χ4n) is 2.58. The molecule has 2 fully saturated rings. The highest BCUT2D eigenvalue weighted by Gasteiger charge is 2.30. The fraction of sp³-hybridized carbons (Fsp3) is 0.562. The summed E-state index contributed by atoms with van der Waals surface area (Å²) < 4.78 is 0. The summed E-state index contributed by atoms with van der Waals surface area (Å²) in [5, 5.41) is 22.1. The second-order valence-electron chi connectivity index (χ2n) is 5.77. The van der Waals surface area contributed by atoms with Crippen LogP contribution in [0.1, 0.15) is 36.8 Å². The molecule has 0 bridgehead atoms. The van der Waals surface area contributed by atoms with E-state index in [1.165, 1.54) is 12.8 Å². The number of aliphatic hydroxyl groups is 1. The van der Waals surface area contributed by atoms with E-state index in [1.807, 2.05) is 12.1 Å². The van der Waals surface area contributed by atoms with E-state index < -0.39 is 0 Å². The molecule has 0 radical (unpaired) electrons. The van der Waals surface area contributed by atoms with Gasteiger partial charge in [-0.25, -0.2) is 0 Å².